The molecular formula is C17H24N2O3. The molecule has 1 aromatic heterocycles. The highest BCUT2D eigenvalue weighted by Crippen LogP contribution is 2.26. The van der Waals surface area contributed by atoms with Crippen molar-refractivity contribution in [2.24, 2.45) is 0 Å². The monoisotopic (exact) mass is 304 g/mol. The normalized spacial score (nSPS) is 23.0. The minimum absolute atomic E-state index is 0.0183. The quantitative estimate of drug-likeness (QED) is 0.857. The first-order chi connectivity index (χ1) is 10.8. The molecule has 2 aliphatic rings. The highest BCUT2D eigenvalue weighted by Gasteiger charge is 2.28. The van der Waals surface area contributed by atoms with E-state index in [1.54, 1.807) is 6.20 Å². The summed E-state index contributed by atoms with van der Waals surface area (Å²) in [5.41, 5.74) is 1.94. The molecule has 3 heterocycles. The molecule has 2 atom stereocenters. The minimum atomic E-state index is -0.448. The largest absolute Gasteiger partial charge is 0.376 e. The number of hydrogen-bond donors (Lipinski definition) is 0. The van der Waals surface area contributed by atoms with Crippen LogP contribution in [0.2, 0.25) is 0 Å². The number of pyridine rings is 1. The number of carbonyl (C=O) groups excluding carboxylic acids is 1. The average Bonchev–Trinajstić information content (AvgIpc) is 2.59. The summed E-state index contributed by atoms with van der Waals surface area (Å²) in [5.74, 6) is 0.0183. The lowest BCUT2D eigenvalue weighted by Gasteiger charge is -2.31. The number of ether oxygens (including phenoxy) is 2. The van der Waals surface area contributed by atoms with E-state index in [4.69, 9.17) is 9.47 Å². The average molecular weight is 304 g/mol. The van der Waals surface area contributed by atoms with Crippen molar-refractivity contribution in [2.75, 3.05) is 24.7 Å². The Morgan fingerprint density at radius 3 is 3.23 bits per heavy atom. The second-order valence-corrected chi connectivity index (χ2v) is 6.03. The Balaban J connectivity index is 1.59. The molecule has 0 aromatic carbocycles. The van der Waals surface area contributed by atoms with Gasteiger partial charge in [0.15, 0.2) is 0 Å². The van der Waals surface area contributed by atoms with Crippen LogP contribution in [-0.2, 0) is 20.7 Å². The van der Waals surface area contributed by atoms with Gasteiger partial charge in [-0.1, -0.05) is 0 Å². The number of fused-ring (bicyclic) bond motifs is 1. The van der Waals surface area contributed by atoms with Crippen LogP contribution in [-0.4, -0.2) is 42.9 Å². The summed E-state index contributed by atoms with van der Waals surface area (Å²) in [6, 6.07) is 3.85. The predicted octanol–water partition coefficient (Wildman–Crippen LogP) is 2.33. The smallest absolute Gasteiger partial charge is 0.255 e. The number of aromatic nitrogens is 1. The van der Waals surface area contributed by atoms with Crippen molar-refractivity contribution in [3.8, 4) is 0 Å². The van der Waals surface area contributed by atoms with Gasteiger partial charge in [0.05, 0.1) is 24.1 Å². The van der Waals surface area contributed by atoms with Gasteiger partial charge in [-0.15, -0.1) is 0 Å². The Kier molecular flexibility index (Phi) is 5.05. The van der Waals surface area contributed by atoms with Gasteiger partial charge in [-0.2, -0.15) is 0 Å². The summed E-state index contributed by atoms with van der Waals surface area (Å²) in [7, 11) is 0. The van der Waals surface area contributed by atoms with Gasteiger partial charge in [0, 0.05) is 19.3 Å². The van der Waals surface area contributed by atoms with Crippen molar-refractivity contribution >= 4 is 11.6 Å². The molecule has 0 saturated carbocycles. The van der Waals surface area contributed by atoms with Crippen LogP contribution in [0.5, 0.6) is 0 Å². The summed E-state index contributed by atoms with van der Waals surface area (Å²) >= 11 is 0. The fraction of sp³-hybridized carbons (Fsp3) is 0.647. The van der Waals surface area contributed by atoms with Crippen LogP contribution < -0.4 is 4.90 Å². The van der Waals surface area contributed by atoms with Gasteiger partial charge in [0.1, 0.15) is 6.10 Å². The van der Waals surface area contributed by atoms with E-state index in [-0.39, 0.29) is 12.0 Å². The fourth-order valence-corrected chi connectivity index (χ4v) is 3.10. The van der Waals surface area contributed by atoms with Gasteiger partial charge in [-0.25, -0.2) is 0 Å². The van der Waals surface area contributed by atoms with Crippen molar-refractivity contribution in [2.45, 2.75) is 51.2 Å². The number of carbonyl (C=O) groups is 1. The highest BCUT2D eigenvalue weighted by molar-refractivity contribution is 5.97. The first-order valence-electron chi connectivity index (χ1n) is 8.24. The number of nitrogens with zero attached hydrogens (tertiary/aromatic N) is 2. The Labute approximate surface area is 131 Å². The van der Waals surface area contributed by atoms with E-state index in [0.29, 0.717) is 6.61 Å². The maximum Gasteiger partial charge on any atom is 0.255 e. The van der Waals surface area contributed by atoms with E-state index in [0.717, 1.165) is 50.2 Å². The SMILES string of the molecule is CC(OCC1CCCCO1)C(=O)N1CCCc2ncccc21. The third kappa shape index (κ3) is 3.47. The molecule has 1 fully saturated rings. The van der Waals surface area contributed by atoms with Crippen LogP contribution in [0, 0.1) is 0 Å². The molecule has 2 unspecified atom stereocenters. The van der Waals surface area contributed by atoms with E-state index in [9.17, 15) is 4.79 Å². The number of amides is 1. The van der Waals surface area contributed by atoms with Crippen molar-refractivity contribution in [1.29, 1.82) is 0 Å². The van der Waals surface area contributed by atoms with Crippen LogP contribution in [0.15, 0.2) is 18.3 Å². The fourth-order valence-electron chi connectivity index (χ4n) is 3.10. The zero-order valence-electron chi connectivity index (χ0n) is 13.2. The Bertz CT molecular complexity index is 514. The number of aryl methyl sites for hydroxylation is 1. The topological polar surface area (TPSA) is 51.7 Å². The third-order valence-electron chi connectivity index (χ3n) is 4.37. The summed E-state index contributed by atoms with van der Waals surface area (Å²) in [5, 5.41) is 0. The molecule has 5 nitrogen and oxygen atoms in total. The second-order valence-electron chi connectivity index (χ2n) is 6.03. The molecule has 22 heavy (non-hydrogen) atoms. The molecule has 0 radical (unpaired) electrons. The standard InChI is InChI=1S/C17H24N2O3/c1-13(22-12-14-6-2-3-11-21-14)17(20)19-10-5-7-15-16(19)8-4-9-18-15/h4,8-9,13-14H,2-3,5-7,10-12H2,1H3. The second kappa shape index (κ2) is 7.20. The van der Waals surface area contributed by atoms with Gasteiger partial charge in [-0.3, -0.25) is 9.78 Å². The molecule has 2 aliphatic heterocycles. The van der Waals surface area contributed by atoms with Crippen LogP contribution in [0.3, 0.4) is 0 Å². The van der Waals surface area contributed by atoms with Crippen LogP contribution >= 0.6 is 0 Å². The molecule has 120 valence electrons. The minimum Gasteiger partial charge on any atom is -0.376 e. The number of hydrogen-bond acceptors (Lipinski definition) is 4. The lowest BCUT2D eigenvalue weighted by molar-refractivity contribution is -0.132. The zero-order chi connectivity index (χ0) is 15.4. The molecule has 0 bridgehead atoms. The molecule has 0 spiro atoms. The van der Waals surface area contributed by atoms with E-state index in [2.05, 4.69) is 4.98 Å². The molecular weight excluding hydrogens is 280 g/mol. The first kappa shape index (κ1) is 15.4. The van der Waals surface area contributed by atoms with Gasteiger partial charge >= 0.3 is 0 Å². The molecule has 1 saturated heterocycles. The van der Waals surface area contributed by atoms with Gasteiger partial charge in [-0.05, 0) is 51.2 Å². The van der Waals surface area contributed by atoms with E-state index in [1.165, 1.54) is 6.42 Å². The molecule has 1 amide bonds. The summed E-state index contributed by atoms with van der Waals surface area (Å²) in [6.45, 7) is 3.88. The van der Waals surface area contributed by atoms with E-state index >= 15 is 0 Å². The maximum absolute atomic E-state index is 12.7. The van der Waals surface area contributed by atoms with Crippen LogP contribution in [0.1, 0.15) is 38.3 Å². The molecule has 0 aliphatic carbocycles. The lowest BCUT2D eigenvalue weighted by Crippen LogP contribution is -2.43. The Morgan fingerprint density at radius 2 is 2.41 bits per heavy atom. The van der Waals surface area contributed by atoms with Crippen molar-refractivity contribution < 1.29 is 14.3 Å². The lowest BCUT2D eigenvalue weighted by atomic mass is 10.1. The number of anilines is 1. The highest BCUT2D eigenvalue weighted by atomic mass is 16.5. The van der Waals surface area contributed by atoms with E-state index in [1.807, 2.05) is 24.0 Å². The molecule has 1 aromatic rings. The molecule has 3 rings (SSSR count). The Morgan fingerprint density at radius 1 is 1.50 bits per heavy atom. The maximum atomic E-state index is 12.7. The summed E-state index contributed by atoms with van der Waals surface area (Å²) in [4.78, 5) is 18.9. The van der Waals surface area contributed by atoms with Gasteiger partial charge in [0.25, 0.3) is 5.91 Å². The Hall–Kier alpha value is -1.46. The van der Waals surface area contributed by atoms with Gasteiger partial charge < -0.3 is 14.4 Å². The summed E-state index contributed by atoms with van der Waals surface area (Å²) in [6.07, 6.45) is 6.70. The van der Waals surface area contributed by atoms with Crippen LogP contribution in [0.4, 0.5) is 5.69 Å². The van der Waals surface area contributed by atoms with Crippen molar-refractivity contribution in [3.63, 3.8) is 0 Å². The van der Waals surface area contributed by atoms with Crippen molar-refractivity contribution in [3.05, 3.63) is 24.0 Å². The first-order valence-corrected chi connectivity index (χ1v) is 8.24. The third-order valence-corrected chi connectivity index (χ3v) is 4.37. The van der Waals surface area contributed by atoms with Gasteiger partial charge in [0.2, 0.25) is 0 Å². The molecule has 0 N–H and O–H groups in total. The number of rotatable bonds is 4. The zero-order valence-corrected chi connectivity index (χ0v) is 13.2. The van der Waals surface area contributed by atoms with Crippen molar-refractivity contribution in [1.82, 2.24) is 4.98 Å². The van der Waals surface area contributed by atoms with Crippen LogP contribution in [0.25, 0.3) is 0 Å². The predicted molar refractivity (Wildman–Crippen MR) is 83.9 cm³/mol. The summed E-state index contributed by atoms with van der Waals surface area (Å²) < 4.78 is 11.4. The van der Waals surface area contributed by atoms with E-state index < -0.39 is 6.10 Å². The molecule has 5 heteroatoms.